The van der Waals surface area contributed by atoms with Crippen LogP contribution < -0.4 is 14.8 Å². The van der Waals surface area contributed by atoms with Gasteiger partial charge in [0.15, 0.2) is 11.5 Å². The average Bonchev–Trinajstić information content (AvgIpc) is 3.06. The molecule has 0 saturated carbocycles. The van der Waals surface area contributed by atoms with Crippen molar-refractivity contribution in [1.29, 1.82) is 0 Å². The standard InChI is InChI=1S/C20H21NO4/c22-17-5-1-13-7-8-21-20(23)6-4-15-11-19-18(24-12-25-19)10-14(15)2-3-16(17)9-13/h1,5,9-11,22H,2-4,6-8,12H2,(H,21,23). The highest BCUT2D eigenvalue weighted by Crippen LogP contribution is 2.36. The Morgan fingerprint density at radius 2 is 1.52 bits per heavy atom. The summed E-state index contributed by atoms with van der Waals surface area (Å²) in [7, 11) is 0. The maximum absolute atomic E-state index is 12.1. The first-order valence-corrected chi connectivity index (χ1v) is 8.68. The van der Waals surface area contributed by atoms with Gasteiger partial charge in [-0.2, -0.15) is 0 Å². The van der Waals surface area contributed by atoms with Crippen molar-refractivity contribution in [2.24, 2.45) is 0 Å². The molecular formula is C20H21NO4. The molecule has 0 fully saturated rings. The Labute approximate surface area is 146 Å². The Balaban J connectivity index is 1.69. The molecule has 0 saturated heterocycles. The van der Waals surface area contributed by atoms with Crippen LogP contribution in [0.25, 0.3) is 0 Å². The molecule has 25 heavy (non-hydrogen) atoms. The summed E-state index contributed by atoms with van der Waals surface area (Å²) in [6, 6.07) is 9.69. The molecule has 0 atom stereocenters. The number of rotatable bonds is 0. The molecule has 130 valence electrons. The topological polar surface area (TPSA) is 67.8 Å². The Kier molecular flexibility index (Phi) is 4.22. The molecule has 2 heterocycles. The van der Waals surface area contributed by atoms with Gasteiger partial charge in [-0.3, -0.25) is 4.79 Å². The summed E-state index contributed by atoms with van der Waals surface area (Å²) in [5.41, 5.74) is 4.31. The van der Waals surface area contributed by atoms with Gasteiger partial charge in [-0.25, -0.2) is 0 Å². The van der Waals surface area contributed by atoms with Gasteiger partial charge in [-0.15, -0.1) is 0 Å². The molecule has 5 nitrogen and oxygen atoms in total. The molecule has 0 aromatic heterocycles. The number of carbonyl (C=O) groups excluding carboxylic acids is 1. The SMILES string of the molecule is O=C1CCc2cc3c(cc2CCc2cc(ccc2O)CCN1)OCO3. The van der Waals surface area contributed by atoms with E-state index in [-0.39, 0.29) is 12.7 Å². The first kappa shape index (κ1) is 15.8. The number of nitrogens with one attached hydrogen (secondary N) is 1. The molecular weight excluding hydrogens is 318 g/mol. The third kappa shape index (κ3) is 3.40. The summed E-state index contributed by atoms with van der Waals surface area (Å²) in [5, 5.41) is 13.1. The molecule has 2 aromatic carbocycles. The maximum atomic E-state index is 12.1. The van der Waals surface area contributed by atoms with Gasteiger partial charge >= 0.3 is 0 Å². The lowest BCUT2D eigenvalue weighted by Gasteiger charge is -2.12. The third-order valence-corrected chi connectivity index (χ3v) is 4.86. The summed E-state index contributed by atoms with van der Waals surface area (Å²) in [6.07, 6.45) is 3.41. The number of fused-ring (bicyclic) bond motifs is 4. The summed E-state index contributed by atoms with van der Waals surface area (Å²) in [4.78, 5) is 12.1. The van der Waals surface area contributed by atoms with E-state index in [0.29, 0.717) is 25.1 Å². The fourth-order valence-electron chi connectivity index (χ4n) is 3.44. The first-order chi connectivity index (χ1) is 12.2. The highest BCUT2D eigenvalue weighted by atomic mass is 16.7. The largest absolute Gasteiger partial charge is 0.508 e. The molecule has 2 aromatic rings. The number of phenols is 1. The molecule has 0 radical (unpaired) electrons. The second kappa shape index (κ2) is 6.67. The highest BCUT2D eigenvalue weighted by Gasteiger charge is 2.18. The van der Waals surface area contributed by atoms with E-state index in [1.807, 2.05) is 24.3 Å². The second-order valence-electron chi connectivity index (χ2n) is 6.54. The zero-order valence-electron chi connectivity index (χ0n) is 14.0. The van der Waals surface area contributed by atoms with E-state index in [4.69, 9.17) is 9.47 Å². The Bertz CT molecular complexity index is 816. The van der Waals surface area contributed by atoms with Crippen LogP contribution in [0.1, 0.15) is 28.7 Å². The number of benzene rings is 2. The van der Waals surface area contributed by atoms with Crippen molar-refractivity contribution < 1.29 is 19.4 Å². The van der Waals surface area contributed by atoms with Crippen LogP contribution in [-0.4, -0.2) is 24.4 Å². The number of amides is 1. The van der Waals surface area contributed by atoms with Crippen molar-refractivity contribution in [3.8, 4) is 17.2 Å². The lowest BCUT2D eigenvalue weighted by molar-refractivity contribution is -0.121. The quantitative estimate of drug-likeness (QED) is 0.774. The van der Waals surface area contributed by atoms with Crippen LogP contribution in [0.3, 0.4) is 0 Å². The number of ether oxygens (including phenoxy) is 2. The van der Waals surface area contributed by atoms with E-state index in [9.17, 15) is 9.90 Å². The number of hydrogen-bond donors (Lipinski definition) is 2. The van der Waals surface area contributed by atoms with E-state index >= 15 is 0 Å². The van der Waals surface area contributed by atoms with E-state index in [1.54, 1.807) is 6.07 Å². The summed E-state index contributed by atoms with van der Waals surface area (Å²) in [5.74, 6) is 1.88. The van der Waals surface area contributed by atoms with Crippen molar-refractivity contribution in [2.75, 3.05) is 13.3 Å². The predicted molar refractivity (Wildman–Crippen MR) is 93.1 cm³/mol. The van der Waals surface area contributed by atoms with Gasteiger partial charge in [0.05, 0.1) is 0 Å². The van der Waals surface area contributed by atoms with Crippen LogP contribution in [0, 0.1) is 0 Å². The van der Waals surface area contributed by atoms with Gasteiger partial charge in [0.1, 0.15) is 5.75 Å². The monoisotopic (exact) mass is 339 g/mol. The molecule has 2 aliphatic rings. The Morgan fingerprint density at radius 3 is 2.28 bits per heavy atom. The first-order valence-electron chi connectivity index (χ1n) is 8.68. The summed E-state index contributed by atoms with van der Waals surface area (Å²) >= 11 is 0. The van der Waals surface area contributed by atoms with Crippen LogP contribution in [0.2, 0.25) is 0 Å². The zero-order valence-corrected chi connectivity index (χ0v) is 14.0. The van der Waals surface area contributed by atoms with Gasteiger partial charge in [0.25, 0.3) is 0 Å². The minimum atomic E-state index is 0.0573. The second-order valence-corrected chi connectivity index (χ2v) is 6.54. The molecule has 2 bridgehead atoms. The molecule has 0 unspecified atom stereocenters. The van der Waals surface area contributed by atoms with Gasteiger partial charge < -0.3 is 19.9 Å². The lowest BCUT2D eigenvalue weighted by atomic mass is 9.95. The van der Waals surface area contributed by atoms with E-state index in [0.717, 1.165) is 53.0 Å². The molecule has 5 heteroatoms. The highest BCUT2D eigenvalue weighted by molar-refractivity contribution is 5.76. The van der Waals surface area contributed by atoms with Crippen LogP contribution in [0.4, 0.5) is 0 Å². The van der Waals surface area contributed by atoms with Gasteiger partial charge in [0, 0.05) is 13.0 Å². The molecule has 1 amide bonds. The van der Waals surface area contributed by atoms with Gasteiger partial charge in [-0.1, -0.05) is 12.1 Å². The van der Waals surface area contributed by atoms with Crippen molar-refractivity contribution >= 4 is 5.91 Å². The third-order valence-electron chi connectivity index (χ3n) is 4.86. The van der Waals surface area contributed by atoms with E-state index in [2.05, 4.69) is 5.32 Å². The average molecular weight is 339 g/mol. The molecule has 2 N–H and O–H groups in total. The number of aryl methyl sites for hydroxylation is 3. The van der Waals surface area contributed by atoms with Gasteiger partial charge in [-0.05, 0) is 66.1 Å². The fourth-order valence-corrected chi connectivity index (χ4v) is 3.44. The summed E-state index contributed by atoms with van der Waals surface area (Å²) in [6.45, 7) is 0.846. The Morgan fingerprint density at radius 1 is 0.840 bits per heavy atom. The van der Waals surface area contributed by atoms with Crippen molar-refractivity contribution in [2.45, 2.75) is 32.1 Å². The minimum absolute atomic E-state index is 0.0573. The smallest absolute Gasteiger partial charge is 0.231 e. The number of phenolic OH excluding ortho intramolecular Hbond substituents is 1. The predicted octanol–water partition coefficient (Wildman–Crippen LogP) is 2.51. The Hall–Kier alpha value is -2.69. The van der Waals surface area contributed by atoms with Crippen LogP contribution in [0.5, 0.6) is 17.2 Å². The normalized spacial score (nSPS) is 16.9. The van der Waals surface area contributed by atoms with Crippen molar-refractivity contribution in [3.63, 3.8) is 0 Å². The molecule has 4 rings (SSSR count). The minimum Gasteiger partial charge on any atom is -0.508 e. The van der Waals surface area contributed by atoms with Crippen molar-refractivity contribution in [1.82, 2.24) is 5.32 Å². The van der Waals surface area contributed by atoms with Crippen LogP contribution in [0.15, 0.2) is 30.3 Å². The van der Waals surface area contributed by atoms with Crippen molar-refractivity contribution in [3.05, 3.63) is 52.6 Å². The molecule has 2 aliphatic heterocycles. The van der Waals surface area contributed by atoms with E-state index in [1.165, 1.54) is 0 Å². The summed E-state index contributed by atoms with van der Waals surface area (Å²) < 4.78 is 11.0. The molecule has 0 aliphatic carbocycles. The fraction of sp³-hybridized carbons (Fsp3) is 0.350. The van der Waals surface area contributed by atoms with Crippen LogP contribution in [-0.2, 0) is 30.5 Å². The van der Waals surface area contributed by atoms with Crippen LogP contribution >= 0.6 is 0 Å². The maximum Gasteiger partial charge on any atom is 0.231 e. The number of aromatic hydroxyl groups is 1. The molecule has 0 spiro atoms. The number of hydrogen-bond acceptors (Lipinski definition) is 4. The van der Waals surface area contributed by atoms with E-state index < -0.39 is 0 Å². The van der Waals surface area contributed by atoms with Gasteiger partial charge in [0.2, 0.25) is 12.7 Å². The number of carbonyl (C=O) groups is 1. The zero-order chi connectivity index (χ0) is 17.2. The lowest BCUT2D eigenvalue weighted by Crippen LogP contribution is -2.25.